The summed E-state index contributed by atoms with van der Waals surface area (Å²) in [6.45, 7) is -0.0170. The highest BCUT2D eigenvalue weighted by molar-refractivity contribution is 7.82. The number of nitrogens with one attached hydrogen (secondary N) is 2. The van der Waals surface area contributed by atoms with E-state index in [1.165, 1.54) is 7.11 Å². The lowest BCUT2D eigenvalue weighted by Crippen LogP contribution is -2.58. The topological polar surface area (TPSA) is 114 Å². The molecule has 2 aliphatic rings. The first-order valence-corrected chi connectivity index (χ1v) is 16.6. The maximum Gasteiger partial charge on any atom is 0.337 e. The first kappa shape index (κ1) is 32.1. The Morgan fingerprint density at radius 2 is 1.77 bits per heavy atom. The van der Waals surface area contributed by atoms with E-state index in [1.54, 1.807) is 77.9 Å². The number of hydrogen-bond donors (Lipinski definition) is 2. The minimum atomic E-state index is -1.31. The van der Waals surface area contributed by atoms with Crippen LogP contribution in [0.4, 0.5) is 0 Å². The van der Waals surface area contributed by atoms with Crippen LogP contribution >= 0.6 is 23.2 Å². The Morgan fingerprint density at radius 3 is 2.52 bits per heavy atom. The summed E-state index contributed by atoms with van der Waals surface area (Å²) in [5.74, 6) is -2.10. The summed E-state index contributed by atoms with van der Waals surface area (Å²) in [4.78, 5) is 47.9. The van der Waals surface area contributed by atoms with Crippen molar-refractivity contribution in [3.8, 4) is 0 Å². The average Bonchev–Trinajstić information content (AvgIpc) is 3.01. The van der Waals surface area contributed by atoms with E-state index in [4.69, 9.17) is 32.8 Å². The van der Waals surface area contributed by atoms with Gasteiger partial charge in [0.25, 0.3) is 11.8 Å². The van der Waals surface area contributed by atoms with Gasteiger partial charge < -0.3 is 9.64 Å². The van der Waals surface area contributed by atoms with Crippen LogP contribution in [0.3, 0.4) is 0 Å². The molecule has 1 saturated carbocycles. The summed E-state index contributed by atoms with van der Waals surface area (Å²) in [6.07, 6.45) is 4.75. The second kappa shape index (κ2) is 14.2. The van der Waals surface area contributed by atoms with Crippen molar-refractivity contribution in [2.24, 2.45) is 0 Å². The number of ether oxygens (including phenoxy) is 1. The van der Waals surface area contributed by atoms with Gasteiger partial charge in [-0.15, -0.1) is 0 Å². The van der Waals surface area contributed by atoms with Gasteiger partial charge in [-0.3, -0.25) is 14.4 Å². The molecule has 1 fully saturated rings. The van der Waals surface area contributed by atoms with Crippen LogP contribution in [-0.2, 0) is 32.0 Å². The van der Waals surface area contributed by atoms with Gasteiger partial charge in [0, 0.05) is 33.9 Å². The minimum absolute atomic E-state index is 0.0170. The van der Waals surface area contributed by atoms with Gasteiger partial charge >= 0.3 is 5.97 Å². The Hall–Kier alpha value is -3.28. The van der Waals surface area contributed by atoms with Crippen LogP contribution in [0.15, 0.2) is 66.7 Å². The highest BCUT2D eigenvalue weighted by atomic mass is 35.5. The molecule has 9 nitrogen and oxygen atoms in total. The van der Waals surface area contributed by atoms with E-state index in [0.717, 1.165) is 19.3 Å². The first-order valence-electron chi connectivity index (χ1n) is 14.2. The Kier molecular flexibility index (Phi) is 10.4. The number of hydroxylamine groups is 1. The van der Waals surface area contributed by atoms with Crippen LogP contribution in [0.1, 0.15) is 75.0 Å². The van der Waals surface area contributed by atoms with Crippen molar-refractivity contribution in [3.63, 3.8) is 0 Å². The fourth-order valence-corrected chi connectivity index (χ4v) is 7.45. The number of carbonyl (C=O) groups is 3. The van der Waals surface area contributed by atoms with E-state index in [-0.39, 0.29) is 24.6 Å². The van der Waals surface area contributed by atoms with Crippen LogP contribution < -0.4 is 10.2 Å². The zero-order valence-corrected chi connectivity index (χ0v) is 26.6. The van der Waals surface area contributed by atoms with Gasteiger partial charge in [0.05, 0.1) is 42.2 Å². The van der Waals surface area contributed by atoms with Gasteiger partial charge in [0.15, 0.2) is 0 Å². The number of esters is 1. The molecule has 0 bridgehead atoms. The van der Waals surface area contributed by atoms with Gasteiger partial charge in [-0.1, -0.05) is 72.4 Å². The van der Waals surface area contributed by atoms with E-state index in [1.807, 2.05) is 0 Å². The van der Waals surface area contributed by atoms with Crippen LogP contribution in [-0.4, -0.2) is 52.3 Å². The molecule has 232 valence electrons. The molecule has 3 aromatic rings. The smallest absolute Gasteiger partial charge is 0.337 e. The molecular weight excluding hydrogens is 625 g/mol. The summed E-state index contributed by atoms with van der Waals surface area (Å²) in [6, 6.07) is 17.3. The van der Waals surface area contributed by atoms with Gasteiger partial charge in [0.2, 0.25) is 0 Å². The molecule has 5 atom stereocenters. The van der Waals surface area contributed by atoms with Crippen LogP contribution in [0, 0.1) is 0 Å². The highest BCUT2D eigenvalue weighted by Crippen LogP contribution is 2.47. The minimum Gasteiger partial charge on any atom is -0.465 e. The van der Waals surface area contributed by atoms with Crippen LogP contribution in [0.25, 0.3) is 0 Å². The van der Waals surface area contributed by atoms with Gasteiger partial charge in [-0.2, -0.15) is 0 Å². The van der Waals surface area contributed by atoms with E-state index < -0.39 is 34.8 Å². The highest BCUT2D eigenvalue weighted by Gasteiger charge is 2.49. The maximum absolute atomic E-state index is 14.3. The van der Waals surface area contributed by atoms with E-state index in [0.29, 0.717) is 44.3 Å². The van der Waals surface area contributed by atoms with Crippen molar-refractivity contribution in [2.45, 2.75) is 56.3 Å². The molecule has 1 aliphatic heterocycles. The van der Waals surface area contributed by atoms with Gasteiger partial charge in [-0.25, -0.2) is 19.2 Å². The second-order valence-electron chi connectivity index (χ2n) is 10.9. The van der Waals surface area contributed by atoms with Gasteiger partial charge in [0.1, 0.15) is 0 Å². The molecule has 0 radical (unpaired) electrons. The summed E-state index contributed by atoms with van der Waals surface area (Å²) >= 11 is 13.0. The van der Waals surface area contributed by atoms with Crippen molar-refractivity contribution in [2.75, 3.05) is 13.4 Å². The maximum atomic E-state index is 14.3. The molecule has 1 aliphatic carbocycles. The molecular formula is C32H33Cl2N3O6S. The molecule has 1 unspecified atom stereocenters. The summed E-state index contributed by atoms with van der Waals surface area (Å²) in [7, 11) is -0.00922. The molecule has 12 heteroatoms. The predicted molar refractivity (Wildman–Crippen MR) is 169 cm³/mol. The zero-order chi connectivity index (χ0) is 31.4. The van der Waals surface area contributed by atoms with E-state index in [9.17, 15) is 18.6 Å². The molecule has 0 aromatic heterocycles. The molecule has 1 heterocycles. The summed E-state index contributed by atoms with van der Waals surface area (Å²) in [5.41, 5.74) is 5.10. The van der Waals surface area contributed by atoms with Crippen molar-refractivity contribution >= 4 is 52.0 Å². The number of nitrogens with zero attached hydrogens (tertiary/aromatic N) is 1. The van der Waals surface area contributed by atoms with Crippen molar-refractivity contribution < 1.29 is 28.2 Å². The first-order chi connectivity index (χ1) is 21.2. The fourth-order valence-electron chi connectivity index (χ4n) is 6.23. The van der Waals surface area contributed by atoms with Crippen molar-refractivity contribution in [1.82, 2.24) is 15.1 Å². The molecule has 0 saturated heterocycles. The number of halogens is 2. The molecule has 2 amide bonds. The van der Waals surface area contributed by atoms with Crippen LogP contribution in [0.5, 0.6) is 0 Å². The lowest BCUT2D eigenvalue weighted by Gasteiger charge is -2.49. The number of benzene rings is 3. The molecule has 44 heavy (non-hydrogen) atoms. The van der Waals surface area contributed by atoms with Gasteiger partial charge in [-0.05, 0) is 59.9 Å². The van der Waals surface area contributed by atoms with Crippen LogP contribution in [0.2, 0.25) is 10.0 Å². The lowest BCUT2D eigenvalue weighted by atomic mass is 9.76. The van der Waals surface area contributed by atoms with E-state index in [2.05, 4.69) is 10.2 Å². The van der Waals surface area contributed by atoms with E-state index >= 15 is 0 Å². The largest absolute Gasteiger partial charge is 0.465 e. The van der Waals surface area contributed by atoms with Crippen molar-refractivity contribution in [3.05, 3.63) is 105 Å². The SMILES string of the molecule is COC(=O)c1cccc(CONC(=O)[C@H]2c3ccccc3C(=O)N([C@@H]3CCCC[C@H]3NS(C)=O)[C@@H]2c2ccc(Cl)cc2Cl)c1. The Labute approximate surface area is 268 Å². The average molecular weight is 659 g/mol. The third-order valence-electron chi connectivity index (χ3n) is 8.10. The summed E-state index contributed by atoms with van der Waals surface area (Å²) < 4.78 is 20.2. The predicted octanol–water partition coefficient (Wildman–Crippen LogP) is 5.50. The summed E-state index contributed by atoms with van der Waals surface area (Å²) in [5, 5.41) is 0.738. The monoisotopic (exact) mass is 657 g/mol. The number of amides is 2. The number of rotatable bonds is 9. The second-order valence-corrected chi connectivity index (χ2v) is 12.9. The standard InChI is InChI=1S/C32H33Cl2N3O6S/c1-42-32(40)20-9-7-8-19(16-20)18-43-35-30(38)28-22-10-3-4-11-23(22)31(39)37(27-13-6-5-12-26(27)36-44(2)41)29(28)24-15-14-21(33)17-25(24)34/h3-4,7-11,14-17,26-29,36H,5-6,12-13,18H2,1-2H3,(H,35,38)/t26-,27-,28+,29-,44?/m1/s1. The Morgan fingerprint density at radius 1 is 1.00 bits per heavy atom. The molecule has 2 N–H and O–H groups in total. The van der Waals surface area contributed by atoms with Crippen molar-refractivity contribution in [1.29, 1.82) is 0 Å². The Balaban J connectivity index is 1.54. The number of methoxy groups -OCH3 is 1. The molecule has 3 aromatic carbocycles. The zero-order valence-electron chi connectivity index (χ0n) is 24.3. The molecule has 5 rings (SSSR count). The third kappa shape index (κ3) is 6.84. The number of carbonyl (C=O) groups excluding carboxylic acids is 3. The number of hydrogen-bond acceptors (Lipinski definition) is 6. The normalized spacial score (nSPS) is 22.2. The molecule has 0 spiro atoms. The fraction of sp³-hybridized carbons (Fsp3) is 0.344. The third-order valence-corrected chi connectivity index (χ3v) is 9.30. The lowest BCUT2D eigenvalue weighted by molar-refractivity contribution is -0.138. The number of fused-ring (bicyclic) bond motifs is 1. The quantitative estimate of drug-likeness (QED) is 0.232. The Bertz CT molecular complexity index is 1590.